The fourth-order valence-electron chi connectivity index (χ4n) is 0.926. The number of hydrogen-bond donors (Lipinski definition) is 0. The summed E-state index contributed by atoms with van der Waals surface area (Å²) < 4.78 is 4.89. The SMILES string of the molecule is CCc1c[c]cc(OC(C)=O)c1. The minimum atomic E-state index is -0.295. The van der Waals surface area contributed by atoms with Crippen molar-refractivity contribution >= 4 is 5.97 Å². The summed E-state index contributed by atoms with van der Waals surface area (Å²) in [6.07, 6.45) is 0.922. The van der Waals surface area contributed by atoms with Gasteiger partial charge in [0.1, 0.15) is 5.75 Å². The van der Waals surface area contributed by atoms with Gasteiger partial charge < -0.3 is 4.74 Å². The van der Waals surface area contributed by atoms with Crippen LogP contribution in [0, 0.1) is 6.07 Å². The van der Waals surface area contributed by atoms with Crippen LogP contribution in [0.4, 0.5) is 0 Å². The zero-order valence-electron chi connectivity index (χ0n) is 7.26. The molecule has 1 aromatic rings. The van der Waals surface area contributed by atoms with Gasteiger partial charge in [-0.05, 0) is 30.2 Å². The van der Waals surface area contributed by atoms with E-state index in [-0.39, 0.29) is 5.97 Å². The summed E-state index contributed by atoms with van der Waals surface area (Å²) in [6.45, 7) is 3.43. The lowest BCUT2D eigenvalue weighted by molar-refractivity contribution is -0.131. The molecule has 63 valence electrons. The van der Waals surface area contributed by atoms with Crippen LogP contribution in [-0.2, 0) is 11.2 Å². The van der Waals surface area contributed by atoms with Crippen molar-refractivity contribution in [1.82, 2.24) is 0 Å². The number of esters is 1. The van der Waals surface area contributed by atoms with Crippen LogP contribution in [0.2, 0.25) is 0 Å². The predicted molar refractivity (Wildman–Crippen MR) is 46.0 cm³/mol. The molecule has 2 nitrogen and oxygen atoms in total. The van der Waals surface area contributed by atoms with Crippen molar-refractivity contribution < 1.29 is 9.53 Å². The van der Waals surface area contributed by atoms with Gasteiger partial charge in [0.2, 0.25) is 0 Å². The van der Waals surface area contributed by atoms with Gasteiger partial charge >= 0.3 is 5.97 Å². The highest BCUT2D eigenvalue weighted by atomic mass is 16.5. The van der Waals surface area contributed by atoms with E-state index in [4.69, 9.17) is 4.74 Å². The maximum atomic E-state index is 10.6. The van der Waals surface area contributed by atoms with Gasteiger partial charge in [0, 0.05) is 6.92 Å². The van der Waals surface area contributed by atoms with E-state index in [1.54, 1.807) is 6.07 Å². The smallest absolute Gasteiger partial charge is 0.308 e. The van der Waals surface area contributed by atoms with Crippen LogP contribution in [0.3, 0.4) is 0 Å². The Kier molecular flexibility index (Phi) is 2.86. The Balaban J connectivity index is 2.79. The number of rotatable bonds is 2. The molecule has 0 saturated carbocycles. The van der Waals surface area contributed by atoms with Crippen LogP contribution in [0.1, 0.15) is 19.4 Å². The highest BCUT2D eigenvalue weighted by Crippen LogP contribution is 2.12. The molecule has 12 heavy (non-hydrogen) atoms. The fourth-order valence-corrected chi connectivity index (χ4v) is 0.926. The first-order valence-corrected chi connectivity index (χ1v) is 3.91. The third-order valence-corrected chi connectivity index (χ3v) is 1.49. The predicted octanol–water partition coefficient (Wildman–Crippen LogP) is 1.97. The van der Waals surface area contributed by atoms with Crippen molar-refractivity contribution in [2.24, 2.45) is 0 Å². The van der Waals surface area contributed by atoms with Gasteiger partial charge in [0.15, 0.2) is 0 Å². The number of aryl methyl sites for hydroxylation is 1. The molecule has 0 unspecified atom stereocenters. The maximum Gasteiger partial charge on any atom is 0.308 e. The molecular formula is C10H11O2. The van der Waals surface area contributed by atoms with Crippen molar-refractivity contribution in [3.8, 4) is 5.75 Å². The molecule has 0 aliphatic heterocycles. The molecule has 1 rings (SSSR count). The monoisotopic (exact) mass is 163 g/mol. The molecule has 0 saturated heterocycles. The first-order chi connectivity index (χ1) is 5.72. The summed E-state index contributed by atoms with van der Waals surface area (Å²) in [5.74, 6) is 0.276. The Morgan fingerprint density at radius 2 is 2.33 bits per heavy atom. The number of benzene rings is 1. The minimum absolute atomic E-state index is 0.295. The van der Waals surface area contributed by atoms with E-state index in [2.05, 4.69) is 6.07 Å². The summed E-state index contributed by atoms with van der Waals surface area (Å²) in [5, 5.41) is 0. The van der Waals surface area contributed by atoms with Crippen LogP contribution in [-0.4, -0.2) is 5.97 Å². The van der Waals surface area contributed by atoms with Crippen molar-refractivity contribution in [3.05, 3.63) is 29.8 Å². The lowest BCUT2D eigenvalue weighted by atomic mass is 10.2. The maximum absolute atomic E-state index is 10.6. The molecule has 0 aliphatic carbocycles. The topological polar surface area (TPSA) is 26.3 Å². The largest absolute Gasteiger partial charge is 0.427 e. The molecule has 0 aromatic heterocycles. The molecule has 0 N–H and O–H groups in total. The van der Waals surface area contributed by atoms with Crippen molar-refractivity contribution in [2.75, 3.05) is 0 Å². The van der Waals surface area contributed by atoms with E-state index in [0.29, 0.717) is 5.75 Å². The summed E-state index contributed by atoms with van der Waals surface area (Å²) in [4.78, 5) is 10.6. The molecule has 0 amide bonds. The van der Waals surface area contributed by atoms with Gasteiger partial charge in [-0.3, -0.25) is 4.79 Å². The average Bonchev–Trinajstić information content (AvgIpc) is 2.03. The Morgan fingerprint density at radius 3 is 2.92 bits per heavy atom. The van der Waals surface area contributed by atoms with E-state index < -0.39 is 0 Å². The van der Waals surface area contributed by atoms with E-state index in [1.807, 2.05) is 19.1 Å². The fraction of sp³-hybridized carbons (Fsp3) is 0.300. The van der Waals surface area contributed by atoms with Crippen LogP contribution < -0.4 is 4.74 Å². The van der Waals surface area contributed by atoms with Crippen LogP contribution in [0.15, 0.2) is 18.2 Å². The van der Waals surface area contributed by atoms with Crippen molar-refractivity contribution in [2.45, 2.75) is 20.3 Å². The molecule has 0 spiro atoms. The van der Waals surface area contributed by atoms with E-state index in [9.17, 15) is 4.79 Å². The summed E-state index contributed by atoms with van der Waals surface area (Å²) in [6, 6.07) is 8.29. The molecule has 0 fully saturated rings. The Morgan fingerprint density at radius 1 is 1.58 bits per heavy atom. The van der Waals surface area contributed by atoms with Gasteiger partial charge in [-0.2, -0.15) is 0 Å². The number of ether oxygens (including phenoxy) is 1. The minimum Gasteiger partial charge on any atom is -0.427 e. The van der Waals surface area contributed by atoms with Gasteiger partial charge in [-0.1, -0.05) is 13.0 Å². The highest BCUT2D eigenvalue weighted by Gasteiger charge is 1.97. The van der Waals surface area contributed by atoms with Gasteiger partial charge in [-0.15, -0.1) is 0 Å². The Bertz CT molecular complexity index is 279. The van der Waals surface area contributed by atoms with E-state index in [0.717, 1.165) is 12.0 Å². The van der Waals surface area contributed by atoms with Crippen LogP contribution >= 0.6 is 0 Å². The number of carbonyl (C=O) groups excluding carboxylic acids is 1. The molecule has 0 heterocycles. The molecule has 0 atom stereocenters. The third-order valence-electron chi connectivity index (χ3n) is 1.49. The van der Waals surface area contributed by atoms with Crippen LogP contribution in [0.25, 0.3) is 0 Å². The summed E-state index contributed by atoms with van der Waals surface area (Å²) in [7, 11) is 0. The average molecular weight is 163 g/mol. The molecule has 0 aliphatic rings. The third kappa shape index (κ3) is 2.38. The molecule has 0 bridgehead atoms. The first kappa shape index (κ1) is 8.78. The van der Waals surface area contributed by atoms with Crippen LogP contribution in [0.5, 0.6) is 5.75 Å². The first-order valence-electron chi connectivity index (χ1n) is 3.91. The van der Waals surface area contributed by atoms with Crippen molar-refractivity contribution in [1.29, 1.82) is 0 Å². The number of carbonyl (C=O) groups is 1. The summed E-state index contributed by atoms with van der Waals surface area (Å²) in [5.41, 5.74) is 1.12. The lowest BCUT2D eigenvalue weighted by Crippen LogP contribution is -2.01. The van der Waals surface area contributed by atoms with Gasteiger partial charge in [0.05, 0.1) is 0 Å². The molecule has 1 radical (unpaired) electrons. The van der Waals surface area contributed by atoms with E-state index >= 15 is 0 Å². The zero-order valence-corrected chi connectivity index (χ0v) is 7.26. The zero-order chi connectivity index (χ0) is 8.97. The molecule has 2 heteroatoms. The molecule has 1 aromatic carbocycles. The number of hydrogen-bond acceptors (Lipinski definition) is 2. The standard InChI is InChI=1S/C10H11O2/c1-3-9-5-4-6-10(7-9)12-8(2)11/h5-7H,3H2,1-2H3. The van der Waals surface area contributed by atoms with Crippen molar-refractivity contribution in [3.63, 3.8) is 0 Å². The quantitative estimate of drug-likeness (QED) is 0.492. The van der Waals surface area contributed by atoms with E-state index in [1.165, 1.54) is 6.92 Å². The Labute approximate surface area is 72.2 Å². The second kappa shape index (κ2) is 3.90. The normalized spacial score (nSPS) is 9.50. The van der Waals surface area contributed by atoms with Gasteiger partial charge in [-0.25, -0.2) is 0 Å². The molecular weight excluding hydrogens is 152 g/mol. The second-order valence-corrected chi connectivity index (χ2v) is 2.52. The van der Waals surface area contributed by atoms with Gasteiger partial charge in [0.25, 0.3) is 0 Å². The lowest BCUT2D eigenvalue weighted by Gasteiger charge is -2.01. The summed E-state index contributed by atoms with van der Waals surface area (Å²) >= 11 is 0. The second-order valence-electron chi connectivity index (χ2n) is 2.52. The Hall–Kier alpha value is -1.31. The highest BCUT2D eigenvalue weighted by molar-refractivity contribution is 5.69.